The first-order valence-corrected chi connectivity index (χ1v) is 10.1. The number of carbonyl (C=O) groups is 2. The largest absolute Gasteiger partial charge is 0.479 e. The molecule has 1 amide bonds. The van der Waals surface area contributed by atoms with Crippen molar-refractivity contribution < 1.29 is 24.2 Å². The van der Waals surface area contributed by atoms with Gasteiger partial charge in [0.05, 0.1) is 19.3 Å². The number of likely N-dealkylation sites (tertiary alicyclic amines) is 1. The van der Waals surface area contributed by atoms with Gasteiger partial charge in [0, 0.05) is 6.42 Å². The van der Waals surface area contributed by atoms with Crippen molar-refractivity contribution in [2.45, 2.75) is 76.7 Å². The molecular formula is C22H31NO5. The molecule has 0 bridgehead atoms. The van der Waals surface area contributed by atoms with Crippen molar-refractivity contribution >= 4 is 12.1 Å². The van der Waals surface area contributed by atoms with Crippen LogP contribution in [0.2, 0.25) is 0 Å². The van der Waals surface area contributed by atoms with Gasteiger partial charge < -0.3 is 14.6 Å². The van der Waals surface area contributed by atoms with Crippen molar-refractivity contribution in [3.05, 3.63) is 35.9 Å². The Morgan fingerprint density at radius 2 is 1.82 bits per heavy atom. The Morgan fingerprint density at radius 1 is 1.18 bits per heavy atom. The molecule has 0 aromatic heterocycles. The Hall–Kier alpha value is -2.08. The minimum absolute atomic E-state index is 0.0668. The molecule has 1 aliphatic carbocycles. The molecule has 2 atom stereocenters. The monoisotopic (exact) mass is 389 g/mol. The number of carbonyl (C=O) groups excluding carboxylic acids is 1. The number of nitrogens with zero attached hydrogens (tertiary/aromatic N) is 1. The maximum Gasteiger partial charge on any atom is 0.411 e. The predicted molar refractivity (Wildman–Crippen MR) is 105 cm³/mol. The van der Waals surface area contributed by atoms with Crippen molar-refractivity contribution in [2.75, 3.05) is 6.54 Å². The molecule has 28 heavy (non-hydrogen) atoms. The molecule has 1 aliphatic heterocycles. The number of aliphatic carboxylic acids is 1. The molecule has 1 saturated carbocycles. The van der Waals surface area contributed by atoms with Gasteiger partial charge in [-0.2, -0.15) is 0 Å². The number of carboxylic acids is 1. The van der Waals surface area contributed by atoms with E-state index in [0.717, 1.165) is 31.2 Å². The fourth-order valence-electron chi connectivity index (χ4n) is 4.51. The van der Waals surface area contributed by atoms with E-state index in [-0.39, 0.29) is 18.6 Å². The zero-order valence-corrected chi connectivity index (χ0v) is 17.0. The van der Waals surface area contributed by atoms with Crippen LogP contribution in [0.4, 0.5) is 4.79 Å². The van der Waals surface area contributed by atoms with Gasteiger partial charge in [-0.25, -0.2) is 9.59 Å². The Morgan fingerprint density at radius 3 is 2.39 bits per heavy atom. The first-order chi connectivity index (χ1) is 13.2. The van der Waals surface area contributed by atoms with Gasteiger partial charge in [-0.1, -0.05) is 43.2 Å². The summed E-state index contributed by atoms with van der Waals surface area (Å²) >= 11 is 0. The maximum absolute atomic E-state index is 12.9. The number of ether oxygens (including phenoxy) is 2. The quantitative estimate of drug-likeness (QED) is 0.816. The average Bonchev–Trinajstić information content (AvgIpc) is 3.28. The van der Waals surface area contributed by atoms with E-state index < -0.39 is 23.2 Å². The third-order valence-corrected chi connectivity index (χ3v) is 5.75. The van der Waals surface area contributed by atoms with E-state index >= 15 is 0 Å². The highest BCUT2D eigenvalue weighted by Gasteiger charge is 2.59. The summed E-state index contributed by atoms with van der Waals surface area (Å²) < 4.78 is 11.6. The second-order valence-electron chi connectivity index (χ2n) is 8.92. The van der Waals surface area contributed by atoms with Crippen molar-refractivity contribution in [1.82, 2.24) is 4.90 Å². The number of rotatable bonds is 5. The van der Waals surface area contributed by atoms with E-state index in [4.69, 9.17) is 9.47 Å². The van der Waals surface area contributed by atoms with Crippen molar-refractivity contribution in [3.8, 4) is 0 Å². The molecule has 0 radical (unpaired) electrons. The van der Waals surface area contributed by atoms with Gasteiger partial charge in [0.2, 0.25) is 0 Å². The summed E-state index contributed by atoms with van der Waals surface area (Å²) in [5, 5.41) is 10.2. The highest BCUT2D eigenvalue weighted by Crippen LogP contribution is 2.45. The van der Waals surface area contributed by atoms with Crippen LogP contribution < -0.4 is 0 Å². The molecule has 1 aromatic rings. The molecule has 6 heteroatoms. The second-order valence-corrected chi connectivity index (χ2v) is 8.92. The van der Waals surface area contributed by atoms with Crippen LogP contribution in [0.5, 0.6) is 0 Å². The maximum atomic E-state index is 12.9. The van der Waals surface area contributed by atoms with Crippen molar-refractivity contribution in [2.24, 2.45) is 5.92 Å². The molecule has 2 fully saturated rings. The lowest BCUT2D eigenvalue weighted by Gasteiger charge is -2.39. The highest BCUT2D eigenvalue weighted by atomic mass is 16.6. The molecule has 1 heterocycles. The number of amides is 1. The van der Waals surface area contributed by atoms with Crippen molar-refractivity contribution in [1.29, 1.82) is 0 Å². The van der Waals surface area contributed by atoms with E-state index in [1.807, 2.05) is 30.3 Å². The summed E-state index contributed by atoms with van der Waals surface area (Å²) in [7, 11) is 0. The van der Waals surface area contributed by atoms with E-state index in [1.165, 1.54) is 4.90 Å². The second kappa shape index (κ2) is 8.11. The summed E-state index contributed by atoms with van der Waals surface area (Å²) in [5.41, 5.74) is -0.903. The summed E-state index contributed by atoms with van der Waals surface area (Å²) in [5.74, 6) is -1.01. The van der Waals surface area contributed by atoms with Crippen LogP contribution in [0.25, 0.3) is 0 Å². The van der Waals surface area contributed by atoms with Crippen LogP contribution in [-0.2, 0) is 20.9 Å². The number of hydrogen-bond donors (Lipinski definition) is 1. The molecule has 0 spiro atoms. The molecule has 3 rings (SSSR count). The lowest BCUT2D eigenvalue weighted by Crippen LogP contribution is -2.58. The first-order valence-electron chi connectivity index (χ1n) is 10.1. The van der Waals surface area contributed by atoms with Gasteiger partial charge in [0.1, 0.15) is 11.1 Å². The molecule has 1 aromatic carbocycles. The minimum Gasteiger partial charge on any atom is -0.479 e. The number of benzene rings is 1. The van der Waals surface area contributed by atoms with Gasteiger partial charge >= 0.3 is 12.1 Å². The van der Waals surface area contributed by atoms with Crippen molar-refractivity contribution in [3.63, 3.8) is 0 Å². The topological polar surface area (TPSA) is 76.1 Å². The standard InChI is InChI=1S/C22H31NO5/c1-21(2,3)28-20(26)23-14-18(27-15-16-9-5-4-6-10-16)13-22(23,19(24)25)17-11-7-8-12-17/h4-6,9-10,17-18H,7-8,11-15H2,1-3H3,(H,24,25). The van der Waals surface area contributed by atoms with E-state index in [9.17, 15) is 14.7 Å². The normalized spacial score (nSPS) is 25.8. The lowest BCUT2D eigenvalue weighted by molar-refractivity contribution is -0.153. The van der Waals surface area contributed by atoms with Gasteiger partial charge in [-0.05, 0) is 45.1 Å². The number of carboxylic acid groups (broad SMARTS) is 1. The molecule has 2 aliphatic rings. The van der Waals surface area contributed by atoms with Gasteiger partial charge in [-0.3, -0.25) is 4.90 Å². The smallest absolute Gasteiger partial charge is 0.411 e. The fourth-order valence-corrected chi connectivity index (χ4v) is 4.51. The SMILES string of the molecule is CC(C)(C)OC(=O)N1CC(OCc2ccccc2)CC1(C(=O)O)C1CCCC1. The third kappa shape index (κ3) is 4.32. The molecule has 1 N–H and O–H groups in total. The third-order valence-electron chi connectivity index (χ3n) is 5.75. The van der Waals surface area contributed by atoms with Crippen LogP contribution in [0.3, 0.4) is 0 Å². The van der Waals surface area contributed by atoms with E-state index in [0.29, 0.717) is 13.0 Å². The van der Waals surface area contributed by atoms with Crippen LogP contribution in [-0.4, -0.2) is 45.9 Å². The molecule has 1 saturated heterocycles. The molecule has 2 unspecified atom stereocenters. The average molecular weight is 389 g/mol. The van der Waals surface area contributed by atoms with Crippen LogP contribution in [0, 0.1) is 5.92 Å². The Bertz CT molecular complexity index is 693. The van der Waals surface area contributed by atoms with Gasteiger partial charge in [0.15, 0.2) is 0 Å². The summed E-state index contributed by atoms with van der Waals surface area (Å²) in [6.45, 7) is 6.02. The van der Waals surface area contributed by atoms with E-state index in [1.54, 1.807) is 20.8 Å². The minimum atomic E-state index is -1.25. The van der Waals surface area contributed by atoms with Gasteiger partial charge in [-0.15, -0.1) is 0 Å². The number of hydrogen-bond acceptors (Lipinski definition) is 4. The summed E-state index contributed by atoms with van der Waals surface area (Å²) in [6.07, 6.45) is 3.04. The van der Waals surface area contributed by atoms with Crippen LogP contribution in [0.1, 0.15) is 58.4 Å². The summed E-state index contributed by atoms with van der Waals surface area (Å²) in [6, 6.07) is 9.78. The zero-order valence-electron chi connectivity index (χ0n) is 17.0. The fraction of sp³-hybridized carbons (Fsp3) is 0.636. The first kappa shape index (κ1) is 20.6. The highest BCUT2D eigenvalue weighted by molar-refractivity contribution is 5.86. The zero-order chi connectivity index (χ0) is 20.4. The van der Waals surface area contributed by atoms with Gasteiger partial charge in [0.25, 0.3) is 0 Å². The van der Waals surface area contributed by atoms with Crippen LogP contribution >= 0.6 is 0 Å². The Kier molecular flexibility index (Phi) is 5.98. The molecule has 154 valence electrons. The Labute approximate surface area is 166 Å². The predicted octanol–water partition coefficient (Wildman–Crippen LogP) is 4.23. The molecular weight excluding hydrogens is 358 g/mol. The Balaban J connectivity index is 1.82. The molecule has 6 nitrogen and oxygen atoms in total. The summed E-state index contributed by atoms with van der Waals surface area (Å²) in [4.78, 5) is 26.9. The lowest BCUT2D eigenvalue weighted by atomic mass is 9.80. The van der Waals surface area contributed by atoms with Crippen LogP contribution in [0.15, 0.2) is 30.3 Å². The van der Waals surface area contributed by atoms with E-state index in [2.05, 4.69) is 0 Å².